The SMILES string of the molecule is c1cnc2c(-c3nc(-c4ccncc4)n[nH]3)cnn2c1. The summed E-state index contributed by atoms with van der Waals surface area (Å²) in [7, 11) is 0. The molecule has 0 aromatic carbocycles. The Morgan fingerprint density at radius 1 is 1.10 bits per heavy atom. The van der Waals surface area contributed by atoms with E-state index in [1.807, 2.05) is 24.4 Å². The van der Waals surface area contributed by atoms with E-state index >= 15 is 0 Å². The van der Waals surface area contributed by atoms with Crippen LogP contribution < -0.4 is 0 Å². The third-order valence-electron chi connectivity index (χ3n) is 2.96. The van der Waals surface area contributed by atoms with E-state index < -0.39 is 0 Å². The number of pyridine rings is 1. The summed E-state index contributed by atoms with van der Waals surface area (Å²) in [5, 5.41) is 11.4. The molecule has 0 aliphatic heterocycles. The van der Waals surface area contributed by atoms with Crippen LogP contribution >= 0.6 is 0 Å². The van der Waals surface area contributed by atoms with E-state index in [0.717, 1.165) is 16.8 Å². The van der Waals surface area contributed by atoms with Gasteiger partial charge < -0.3 is 0 Å². The Labute approximate surface area is 113 Å². The number of aromatic amines is 1. The first-order valence-electron chi connectivity index (χ1n) is 6.03. The molecule has 0 aliphatic carbocycles. The highest BCUT2D eigenvalue weighted by molar-refractivity contribution is 5.72. The molecule has 0 radical (unpaired) electrons. The third-order valence-corrected chi connectivity index (χ3v) is 2.96. The zero-order valence-electron chi connectivity index (χ0n) is 10.3. The van der Waals surface area contributed by atoms with Crippen LogP contribution in [0.2, 0.25) is 0 Å². The van der Waals surface area contributed by atoms with Crippen LogP contribution in [0.1, 0.15) is 0 Å². The van der Waals surface area contributed by atoms with Gasteiger partial charge in [-0.2, -0.15) is 10.2 Å². The van der Waals surface area contributed by atoms with Gasteiger partial charge in [-0.05, 0) is 18.2 Å². The maximum atomic E-state index is 4.49. The summed E-state index contributed by atoms with van der Waals surface area (Å²) in [6.45, 7) is 0. The molecule has 0 atom stereocenters. The van der Waals surface area contributed by atoms with Gasteiger partial charge in [0.1, 0.15) is 0 Å². The fraction of sp³-hybridized carbons (Fsp3) is 0. The smallest absolute Gasteiger partial charge is 0.181 e. The average molecular weight is 263 g/mol. The zero-order valence-corrected chi connectivity index (χ0v) is 10.3. The second-order valence-electron chi connectivity index (χ2n) is 4.19. The molecule has 0 aliphatic rings. The second-order valence-corrected chi connectivity index (χ2v) is 4.19. The predicted octanol–water partition coefficient (Wildman–Crippen LogP) is 1.58. The molecule has 0 saturated heterocycles. The maximum Gasteiger partial charge on any atom is 0.181 e. The van der Waals surface area contributed by atoms with Crippen LogP contribution in [0.25, 0.3) is 28.4 Å². The van der Waals surface area contributed by atoms with Crippen molar-refractivity contribution in [2.24, 2.45) is 0 Å². The Morgan fingerprint density at radius 2 is 2.00 bits per heavy atom. The largest absolute Gasteiger partial charge is 0.265 e. The van der Waals surface area contributed by atoms with Crippen LogP contribution in [0.4, 0.5) is 0 Å². The molecule has 7 heteroatoms. The molecule has 0 spiro atoms. The fourth-order valence-electron chi connectivity index (χ4n) is 2.01. The molecule has 0 saturated carbocycles. The topological polar surface area (TPSA) is 84.6 Å². The molecule has 0 amide bonds. The zero-order chi connectivity index (χ0) is 13.4. The Bertz CT molecular complexity index is 862. The predicted molar refractivity (Wildman–Crippen MR) is 71.6 cm³/mol. The standard InChI is InChI=1S/C13H9N7/c1-4-15-13-10(8-16-20(13)7-1)12-17-11(18-19-12)9-2-5-14-6-3-9/h1-8H,(H,17,18,19). The molecule has 96 valence electrons. The number of nitrogens with one attached hydrogen (secondary N) is 1. The number of hydrogen-bond acceptors (Lipinski definition) is 5. The number of fused-ring (bicyclic) bond motifs is 1. The van der Waals surface area contributed by atoms with Crippen molar-refractivity contribution in [1.82, 2.24) is 34.8 Å². The van der Waals surface area contributed by atoms with Crippen LogP contribution in [0, 0.1) is 0 Å². The van der Waals surface area contributed by atoms with Crippen LogP contribution in [-0.4, -0.2) is 34.8 Å². The van der Waals surface area contributed by atoms with Crippen molar-refractivity contribution >= 4 is 5.65 Å². The summed E-state index contributed by atoms with van der Waals surface area (Å²) in [5.74, 6) is 1.27. The minimum absolute atomic E-state index is 0.623. The Kier molecular flexibility index (Phi) is 2.28. The Morgan fingerprint density at radius 3 is 2.90 bits per heavy atom. The van der Waals surface area contributed by atoms with Gasteiger partial charge in [-0.25, -0.2) is 14.5 Å². The van der Waals surface area contributed by atoms with Gasteiger partial charge in [0, 0.05) is 30.4 Å². The van der Waals surface area contributed by atoms with Crippen LogP contribution in [0.5, 0.6) is 0 Å². The first-order chi connectivity index (χ1) is 9.92. The molecule has 4 heterocycles. The van der Waals surface area contributed by atoms with Crippen molar-refractivity contribution in [3.63, 3.8) is 0 Å². The average Bonchev–Trinajstić information content (AvgIpc) is 3.14. The number of rotatable bonds is 2. The molecular formula is C13H9N7. The van der Waals surface area contributed by atoms with E-state index in [2.05, 4.69) is 30.2 Å². The summed E-state index contributed by atoms with van der Waals surface area (Å²) in [5.41, 5.74) is 2.47. The van der Waals surface area contributed by atoms with Crippen molar-refractivity contribution in [3.8, 4) is 22.8 Å². The first kappa shape index (κ1) is 10.8. The normalized spacial score (nSPS) is 11.0. The molecule has 4 aromatic rings. The monoisotopic (exact) mass is 263 g/mol. The van der Waals surface area contributed by atoms with Gasteiger partial charge in [0.05, 0.1) is 11.8 Å². The van der Waals surface area contributed by atoms with E-state index in [1.54, 1.807) is 29.3 Å². The lowest BCUT2D eigenvalue weighted by Crippen LogP contribution is -1.88. The molecule has 0 bridgehead atoms. The summed E-state index contributed by atoms with van der Waals surface area (Å²) in [6, 6.07) is 5.55. The van der Waals surface area contributed by atoms with Gasteiger partial charge in [0.25, 0.3) is 0 Å². The molecule has 0 unspecified atom stereocenters. The molecular weight excluding hydrogens is 254 g/mol. The molecule has 1 N–H and O–H groups in total. The Hall–Kier alpha value is -3.09. The van der Waals surface area contributed by atoms with E-state index in [0.29, 0.717) is 11.6 Å². The quantitative estimate of drug-likeness (QED) is 0.593. The molecule has 4 aromatic heterocycles. The molecule has 7 nitrogen and oxygen atoms in total. The van der Waals surface area contributed by atoms with E-state index in [4.69, 9.17) is 0 Å². The van der Waals surface area contributed by atoms with Crippen LogP contribution in [0.3, 0.4) is 0 Å². The molecule has 4 rings (SSSR count). The van der Waals surface area contributed by atoms with E-state index in [-0.39, 0.29) is 0 Å². The van der Waals surface area contributed by atoms with E-state index in [9.17, 15) is 0 Å². The van der Waals surface area contributed by atoms with Gasteiger partial charge in [-0.15, -0.1) is 0 Å². The van der Waals surface area contributed by atoms with Gasteiger partial charge in [0.15, 0.2) is 17.3 Å². The van der Waals surface area contributed by atoms with E-state index in [1.165, 1.54) is 0 Å². The summed E-state index contributed by atoms with van der Waals surface area (Å²) < 4.78 is 1.70. The van der Waals surface area contributed by atoms with Crippen molar-refractivity contribution < 1.29 is 0 Å². The minimum Gasteiger partial charge on any atom is -0.265 e. The highest BCUT2D eigenvalue weighted by Gasteiger charge is 2.12. The molecule has 0 fully saturated rings. The third kappa shape index (κ3) is 1.64. The Balaban J connectivity index is 1.82. The van der Waals surface area contributed by atoms with Crippen LogP contribution in [-0.2, 0) is 0 Å². The van der Waals surface area contributed by atoms with Crippen molar-refractivity contribution in [2.45, 2.75) is 0 Å². The number of hydrogen-bond donors (Lipinski definition) is 1. The summed E-state index contributed by atoms with van der Waals surface area (Å²) >= 11 is 0. The lowest BCUT2D eigenvalue weighted by Gasteiger charge is -1.93. The maximum absolute atomic E-state index is 4.49. The number of H-pyrrole nitrogens is 1. The van der Waals surface area contributed by atoms with Gasteiger partial charge >= 0.3 is 0 Å². The lowest BCUT2D eigenvalue weighted by atomic mass is 10.2. The minimum atomic E-state index is 0.623. The highest BCUT2D eigenvalue weighted by atomic mass is 15.3. The van der Waals surface area contributed by atoms with Crippen LogP contribution in [0.15, 0.2) is 49.2 Å². The van der Waals surface area contributed by atoms with Crippen molar-refractivity contribution in [1.29, 1.82) is 0 Å². The molecule has 20 heavy (non-hydrogen) atoms. The van der Waals surface area contributed by atoms with Crippen molar-refractivity contribution in [3.05, 3.63) is 49.2 Å². The van der Waals surface area contributed by atoms with Gasteiger partial charge in [0.2, 0.25) is 0 Å². The first-order valence-corrected chi connectivity index (χ1v) is 6.03. The summed E-state index contributed by atoms with van der Waals surface area (Å²) in [6.07, 6.45) is 8.70. The summed E-state index contributed by atoms with van der Waals surface area (Å²) in [4.78, 5) is 12.8. The van der Waals surface area contributed by atoms with Gasteiger partial charge in [-0.3, -0.25) is 10.1 Å². The highest BCUT2D eigenvalue weighted by Crippen LogP contribution is 2.21. The van der Waals surface area contributed by atoms with Crippen molar-refractivity contribution in [2.75, 3.05) is 0 Å². The number of aromatic nitrogens is 7. The van der Waals surface area contributed by atoms with Gasteiger partial charge in [-0.1, -0.05) is 0 Å². The number of nitrogens with zero attached hydrogens (tertiary/aromatic N) is 6. The fourth-order valence-corrected chi connectivity index (χ4v) is 2.01. The second kappa shape index (κ2) is 4.23. The lowest BCUT2D eigenvalue weighted by molar-refractivity contribution is 0.939.